The Hall–Kier alpha value is -1.57. The van der Waals surface area contributed by atoms with E-state index in [4.69, 9.17) is 16.0 Å². The van der Waals surface area contributed by atoms with Crippen LogP contribution in [0.2, 0.25) is 5.02 Å². The zero-order valence-electron chi connectivity index (χ0n) is 11.6. The first-order chi connectivity index (χ1) is 10.6. The molecule has 0 spiro atoms. The molecule has 2 heterocycles. The first-order valence-electron chi connectivity index (χ1n) is 6.53. The molecule has 8 heteroatoms. The highest BCUT2D eigenvalue weighted by Crippen LogP contribution is 2.41. The summed E-state index contributed by atoms with van der Waals surface area (Å²) >= 11 is 9.32. The van der Waals surface area contributed by atoms with Crippen LogP contribution in [-0.2, 0) is 4.79 Å². The zero-order valence-corrected chi connectivity index (χ0v) is 14.0. The van der Waals surface area contributed by atoms with E-state index in [1.807, 2.05) is 24.3 Å². The van der Waals surface area contributed by atoms with Crippen molar-refractivity contribution in [2.75, 3.05) is 12.3 Å². The van der Waals surface area contributed by atoms with Crippen LogP contribution in [-0.4, -0.2) is 28.4 Å². The van der Waals surface area contributed by atoms with Crippen LogP contribution in [0.4, 0.5) is 0 Å². The van der Waals surface area contributed by atoms with Gasteiger partial charge in [0.2, 0.25) is 5.91 Å². The van der Waals surface area contributed by atoms with Gasteiger partial charge in [0, 0.05) is 29.3 Å². The number of thioether (sulfide) groups is 1. The molecule has 0 aliphatic heterocycles. The molecular weight excluding hydrogens is 342 g/mol. The Morgan fingerprint density at radius 3 is 3.00 bits per heavy atom. The van der Waals surface area contributed by atoms with Gasteiger partial charge < -0.3 is 9.73 Å². The van der Waals surface area contributed by atoms with Crippen LogP contribution in [0.15, 0.2) is 33.9 Å². The molecule has 0 fully saturated rings. The van der Waals surface area contributed by atoms with E-state index in [-0.39, 0.29) is 5.91 Å². The van der Waals surface area contributed by atoms with E-state index in [9.17, 15) is 4.79 Å². The van der Waals surface area contributed by atoms with E-state index in [0.29, 0.717) is 28.4 Å². The van der Waals surface area contributed by atoms with Gasteiger partial charge in [0.25, 0.3) is 11.1 Å². The quantitative estimate of drug-likeness (QED) is 0.557. The highest BCUT2D eigenvalue weighted by atomic mass is 35.5. The number of nitrogens with zero attached hydrogens (tertiary/aromatic N) is 2. The summed E-state index contributed by atoms with van der Waals surface area (Å²) in [4.78, 5) is 11.6. The number of thiophene rings is 1. The molecule has 3 aromatic rings. The monoisotopic (exact) mass is 353 g/mol. The molecule has 114 valence electrons. The van der Waals surface area contributed by atoms with E-state index in [2.05, 4.69) is 15.5 Å². The van der Waals surface area contributed by atoms with Crippen molar-refractivity contribution in [3.05, 3.63) is 29.3 Å². The molecule has 0 saturated heterocycles. The normalized spacial score (nSPS) is 11.0. The Morgan fingerprint density at radius 2 is 2.23 bits per heavy atom. The summed E-state index contributed by atoms with van der Waals surface area (Å²) in [5, 5.41) is 12.9. The molecule has 0 radical (unpaired) electrons. The Morgan fingerprint density at radius 1 is 1.41 bits per heavy atom. The third-order valence-electron chi connectivity index (χ3n) is 2.84. The highest BCUT2D eigenvalue weighted by Gasteiger charge is 2.17. The minimum Gasteiger partial charge on any atom is -0.410 e. The van der Waals surface area contributed by atoms with Gasteiger partial charge in [-0.3, -0.25) is 4.79 Å². The summed E-state index contributed by atoms with van der Waals surface area (Å²) in [6, 6.07) is 7.89. The lowest BCUT2D eigenvalue weighted by Crippen LogP contribution is -2.22. The molecular formula is C14H12ClN3O2S2. The molecule has 1 N–H and O–H groups in total. The fraction of sp³-hybridized carbons (Fsp3) is 0.214. The van der Waals surface area contributed by atoms with Crippen molar-refractivity contribution < 1.29 is 9.21 Å². The zero-order chi connectivity index (χ0) is 15.5. The van der Waals surface area contributed by atoms with Crippen molar-refractivity contribution in [3.63, 3.8) is 0 Å². The fourth-order valence-electron chi connectivity index (χ4n) is 1.88. The van der Waals surface area contributed by atoms with Crippen molar-refractivity contribution >= 4 is 50.7 Å². The maximum absolute atomic E-state index is 10.8. The van der Waals surface area contributed by atoms with Gasteiger partial charge in [-0.05, 0) is 6.07 Å². The van der Waals surface area contributed by atoms with Crippen LogP contribution in [0.25, 0.3) is 20.9 Å². The lowest BCUT2D eigenvalue weighted by atomic mass is 10.2. The van der Waals surface area contributed by atoms with Crippen LogP contribution < -0.4 is 5.32 Å². The van der Waals surface area contributed by atoms with Crippen molar-refractivity contribution in [2.45, 2.75) is 12.1 Å². The second kappa shape index (κ2) is 6.68. The molecule has 0 atom stereocenters. The number of hydrogen-bond donors (Lipinski definition) is 1. The Balaban J connectivity index is 1.75. The van der Waals surface area contributed by atoms with Crippen molar-refractivity contribution in [2.24, 2.45) is 0 Å². The maximum atomic E-state index is 10.8. The number of nitrogens with one attached hydrogen (secondary N) is 1. The van der Waals surface area contributed by atoms with E-state index < -0.39 is 0 Å². The van der Waals surface area contributed by atoms with Gasteiger partial charge in [-0.25, -0.2) is 0 Å². The van der Waals surface area contributed by atoms with Crippen LogP contribution in [0, 0.1) is 0 Å². The number of rotatable bonds is 5. The molecule has 1 amide bonds. The lowest BCUT2D eigenvalue weighted by Gasteiger charge is -1.98. The number of fused-ring (bicyclic) bond motifs is 1. The second-order valence-corrected chi connectivity index (χ2v) is 6.92. The lowest BCUT2D eigenvalue weighted by molar-refractivity contribution is -0.118. The molecule has 0 unspecified atom stereocenters. The first-order valence-corrected chi connectivity index (χ1v) is 8.71. The molecule has 2 aromatic heterocycles. The molecule has 5 nitrogen and oxygen atoms in total. The Kier molecular flexibility index (Phi) is 4.66. The van der Waals surface area contributed by atoms with Gasteiger partial charge in [-0.1, -0.05) is 41.6 Å². The van der Waals surface area contributed by atoms with Crippen LogP contribution >= 0.6 is 34.7 Å². The van der Waals surface area contributed by atoms with Crippen molar-refractivity contribution in [1.29, 1.82) is 0 Å². The number of hydrogen-bond acceptors (Lipinski definition) is 6. The van der Waals surface area contributed by atoms with Crippen LogP contribution in [0.1, 0.15) is 6.92 Å². The van der Waals surface area contributed by atoms with Gasteiger partial charge in [0.15, 0.2) is 0 Å². The fourth-order valence-corrected chi connectivity index (χ4v) is 3.93. The van der Waals surface area contributed by atoms with Gasteiger partial charge in [-0.2, -0.15) is 0 Å². The van der Waals surface area contributed by atoms with Gasteiger partial charge in [-0.15, -0.1) is 21.5 Å². The van der Waals surface area contributed by atoms with Crippen LogP contribution in [0.5, 0.6) is 0 Å². The minimum atomic E-state index is -0.0520. The number of carbonyl (C=O) groups is 1. The Labute approximate surface area is 140 Å². The summed E-state index contributed by atoms with van der Waals surface area (Å²) in [5.74, 6) is 1.04. The Bertz CT molecular complexity index is 815. The average molecular weight is 354 g/mol. The molecule has 22 heavy (non-hydrogen) atoms. The predicted octanol–water partition coefficient (Wildman–Crippen LogP) is 3.83. The van der Waals surface area contributed by atoms with Crippen LogP contribution in [0.3, 0.4) is 0 Å². The SMILES string of the molecule is CC(=O)NCCSc1nnc(-c2sc3ccccc3c2Cl)o1. The second-order valence-electron chi connectivity index (χ2n) is 4.45. The molecule has 0 aliphatic carbocycles. The number of halogens is 1. The maximum Gasteiger partial charge on any atom is 0.276 e. The standard InChI is InChI=1S/C14H12ClN3O2S2/c1-8(19)16-6-7-21-14-18-17-13(20-14)12-11(15)9-4-2-3-5-10(9)22-12/h2-5H,6-7H2,1H3,(H,16,19). The molecule has 0 aliphatic rings. The number of carbonyl (C=O) groups excluding carboxylic acids is 1. The van der Waals surface area contributed by atoms with E-state index in [1.54, 1.807) is 0 Å². The largest absolute Gasteiger partial charge is 0.410 e. The average Bonchev–Trinajstić information content (AvgIpc) is 3.09. The van der Waals surface area contributed by atoms with Gasteiger partial charge in [0.1, 0.15) is 4.88 Å². The third kappa shape index (κ3) is 3.26. The smallest absolute Gasteiger partial charge is 0.276 e. The number of benzene rings is 1. The summed E-state index contributed by atoms with van der Waals surface area (Å²) in [6.45, 7) is 2.04. The number of aromatic nitrogens is 2. The van der Waals surface area contributed by atoms with Gasteiger partial charge in [0.05, 0.1) is 5.02 Å². The topological polar surface area (TPSA) is 68.0 Å². The van der Waals surface area contributed by atoms with Gasteiger partial charge >= 0.3 is 0 Å². The highest BCUT2D eigenvalue weighted by molar-refractivity contribution is 7.99. The van der Waals surface area contributed by atoms with E-state index in [1.165, 1.54) is 30.0 Å². The third-order valence-corrected chi connectivity index (χ3v) is 5.32. The molecule has 0 saturated carbocycles. The minimum absolute atomic E-state index is 0.0520. The van der Waals surface area contributed by atoms with Crippen molar-refractivity contribution in [1.82, 2.24) is 15.5 Å². The first kappa shape index (κ1) is 15.3. The number of amides is 1. The molecule has 1 aromatic carbocycles. The summed E-state index contributed by atoms with van der Waals surface area (Å²) in [5.41, 5.74) is 0. The van der Waals surface area contributed by atoms with Crippen molar-refractivity contribution in [3.8, 4) is 10.8 Å². The molecule has 0 bridgehead atoms. The van der Waals surface area contributed by atoms with E-state index in [0.717, 1.165) is 15.0 Å². The molecule has 3 rings (SSSR count). The summed E-state index contributed by atoms with van der Waals surface area (Å²) in [7, 11) is 0. The summed E-state index contributed by atoms with van der Waals surface area (Å²) in [6.07, 6.45) is 0. The predicted molar refractivity (Wildman–Crippen MR) is 89.5 cm³/mol. The van der Waals surface area contributed by atoms with E-state index >= 15 is 0 Å². The summed E-state index contributed by atoms with van der Waals surface area (Å²) < 4.78 is 6.72.